The topological polar surface area (TPSA) is 77.8 Å². The summed E-state index contributed by atoms with van der Waals surface area (Å²) in [4.78, 5) is 23.3. The van der Waals surface area contributed by atoms with Gasteiger partial charge in [0.05, 0.1) is 5.69 Å². The van der Waals surface area contributed by atoms with Crippen molar-refractivity contribution < 1.29 is 4.79 Å². The second kappa shape index (κ2) is 4.62. The van der Waals surface area contributed by atoms with Crippen molar-refractivity contribution in [1.82, 2.24) is 10.2 Å². The zero-order valence-electron chi connectivity index (χ0n) is 11.6. The summed E-state index contributed by atoms with van der Waals surface area (Å²) in [5.41, 5.74) is 2.31. The molecule has 2 aromatic rings. The first kappa shape index (κ1) is 12.4. The van der Waals surface area contributed by atoms with Gasteiger partial charge < -0.3 is 5.32 Å². The molecule has 0 saturated heterocycles. The Bertz CT molecular complexity index is 718. The van der Waals surface area contributed by atoms with Crippen LogP contribution in [0.2, 0.25) is 0 Å². The molecule has 1 aromatic carbocycles. The zero-order chi connectivity index (χ0) is 14.4. The lowest BCUT2D eigenvalue weighted by molar-refractivity contribution is -0.120. The average molecular weight is 283 g/mol. The van der Waals surface area contributed by atoms with Gasteiger partial charge in [-0.1, -0.05) is 12.1 Å². The minimum atomic E-state index is -0.151. The van der Waals surface area contributed by atoms with Crippen LogP contribution in [0.25, 0.3) is 11.3 Å². The summed E-state index contributed by atoms with van der Waals surface area (Å²) in [7, 11) is 0. The number of benzene rings is 1. The molecule has 2 unspecified atom stereocenters. The van der Waals surface area contributed by atoms with E-state index in [1.807, 2.05) is 24.3 Å². The predicted molar refractivity (Wildman–Crippen MR) is 79.8 cm³/mol. The van der Waals surface area contributed by atoms with E-state index in [1.54, 1.807) is 0 Å². The number of anilines is 1. The van der Waals surface area contributed by atoms with Gasteiger partial charge in [-0.3, -0.25) is 19.8 Å². The third-order valence-corrected chi connectivity index (χ3v) is 4.67. The van der Waals surface area contributed by atoms with Crippen LogP contribution < -0.4 is 10.9 Å². The number of aromatic nitrogens is 2. The van der Waals surface area contributed by atoms with Crippen molar-refractivity contribution >= 4 is 11.6 Å². The predicted octanol–water partition coefficient (Wildman–Crippen LogP) is 2.35. The van der Waals surface area contributed by atoms with E-state index >= 15 is 0 Å². The standard InChI is InChI=1S/C16H17N3O2/c20-15-8-14(18-19-15)9-1-3-13(4-2-9)17-16(21)12-6-10-5-11(10)7-12/h1-4,8,10-12H,5-7H2,(H,17,21)(H2,18,19,20). The van der Waals surface area contributed by atoms with E-state index in [1.165, 1.54) is 12.5 Å². The van der Waals surface area contributed by atoms with Crippen molar-refractivity contribution in [3.8, 4) is 11.3 Å². The molecule has 1 aromatic heterocycles. The molecule has 0 radical (unpaired) electrons. The van der Waals surface area contributed by atoms with Crippen molar-refractivity contribution in [3.63, 3.8) is 0 Å². The number of aromatic amines is 2. The highest BCUT2D eigenvalue weighted by Crippen LogP contribution is 2.54. The molecule has 2 saturated carbocycles. The van der Waals surface area contributed by atoms with Crippen LogP contribution in [0.4, 0.5) is 5.69 Å². The molecule has 2 aliphatic carbocycles. The molecule has 3 N–H and O–H groups in total. The summed E-state index contributed by atoms with van der Waals surface area (Å²) >= 11 is 0. The Hall–Kier alpha value is -2.30. The lowest BCUT2D eigenvalue weighted by atomic mass is 10.0. The van der Waals surface area contributed by atoms with E-state index in [0.29, 0.717) is 0 Å². The zero-order valence-corrected chi connectivity index (χ0v) is 11.6. The normalized spacial score (nSPS) is 26.4. The van der Waals surface area contributed by atoms with Gasteiger partial charge in [0, 0.05) is 17.7 Å². The summed E-state index contributed by atoms with van der Waals surface area (Å²) in [6.07, 6.45) is 3.44. The van der Waals surface area contributed by atoms with Crippen LogP contribution in [0.5, 0.6) is 0 Å². The van der Waals surface area contributed by atoms with E-state index in [4.69, 9.17) is 0 Å². The smallest absolute Gasteiger partial charge is 0.264 e. The van der Waals surface area contributed by atoms with Gasteiger partial charge in [0.2, 0.25) is 5.91 Å². The number of rotatable bonds is 3. The van der Waals surface area contributed by atoms with Crippen molar-refractivity contribution in [2.24, 2.45) is 17.8 Å². The van der Waals surface area contributed by atoms with Gasteiger partial charge in [0.25, 0.3) is 5.56 Å². The molecule has 108 valence electrons. The summed E-state index contributed by atoms with van der Waals surface area (Å²) in [6.45, 7) is 0. The number of carbonyl (C=O) groups is 1. The molecule has 1 amide bonds. The molecule has 21 heavy (non-hydrogen) atoms. The molecular weight excluding hydrogens is 266 g/mol. The highest BCUT2D eigenvalue weighted by molar-refractivity contribution is 5.93. The summed E-state index contributed by atoms with van der Waals surface area (Å²) in [5, 5.41) is 8.31. The van der Waals surface area contributed by atoms with E-state index in [9.17, 15) is 9.59 Å². The number of H-pyrrole nitrogens is 2. The maximum atomic E-state index is 12.2. The van der Waals surface area contributed by atoms with Crippen LogP contribution in [0.3, 0.4) is 0 Å². The molecule has 2 atom stereocenters. The Morgan fingerprint density at radius 3 is 2.38 bits per heavy atom. The third kappa shape index (κ3) is 2.39. The molecule has 0 spiro atoms. The van der Waals surface area contributed by atoms with E-state index < -0.39 is 0 Å². The Balaban J connectivity index is 1.44. The highest BCUT2D eigenvalue weighted by Gasteiger charge is 2.47. The second-order valence-corrected chi connectivity index (χ2v) is 6.16. The van der Waals surface area contributed by atoms with Crippen molar-refractivity contribution in [1.29, 1.82) is 0 Å². The fraction of sp³-hybridized carbons (Fsp3) is 0.375. The van der Waals surface area contributed by atoms with Crippen molar-refractivity contribution in [2.75, 3.05) is 5.32 Å². The largest absolute Gasteiger partial charge is 0.326 e. The Morgan fingerprint density at radius 1 is 1.05 bits per heavy atom. The second-order valence-electron chi connectivity index (χ2n) is 6.16. The number of hydrogen-bond acceptors (Lipinski definition) is 2. The number of hydrogen-bond donors (Lipinski definition) is 3. The maximum absolute atomic E-state index is 12.2. The molecule has 0 bridgehead atoms. The Kier molecular flexibility index (Phi) is 2.74. The minimum Gasteiger partial charge on any atom is -0.326 e. The van der Waals surface area contributed by atoms with Crippen LogP contribution in [-0.2, 0) is 4.79 Å². The van der Waals surface area contributed by atoms with Crippen LogP contribution >= 0.6 is 0 Å². The summed E-state index contributed by atoms with van der Waals surface area (Å²) < 4.78 is 0. The molecule has 5 heteroatoms. The van der Waals surface area contributed by atoms with E-state index in [2.05, 4.69) is 15.5 Å². The molecule has 5 nitrogen and oxygen atoms in total. The van der Waals surface area contributed by atoms with E-state index in [-0.39, 0.29) is 17.4 Å². The first-order chi connectivity index (χ1) is 10.2. The summed E-state index contributed by atoms with van der Waals surface area (Å²) in [6, 6.07) is 9.03. The maximum Gasteiger partial charge on any atom is 0.264 e. The highest BCUT2D eigenvalue weighted by atomic mass is 16.2. The fourth-order valence-electron chi connectivity index (χ4n) is 3.39. The van der Waals surface area contributed by atoms with E-state index in [0.717, 1.165) is 41.6 Å². The van der Waals surface area contributed by atoms with Gasteiger partial charge in [0.15, 0.2) is 0 Å². The molecular formula is C16H17N3O2. The van der Waals surface area contributed by atoms with Crippen LogP contribution in [0.1, 0.15) is 19.3 Å². The number of fused-ring (bicyclic) bond motifs is 1. The monoisotopic (exact) mass is 283 g/mol. The van der Waals surface area contributed by atoms with Crippen LogP contribution in [-0.4, -0.2) is 16.1 Å². The fourth-order valence-corrected chi connectivity index (χ4v) is 3.39. The van der Waals surface area contributed by atoms with Gasteiger partial charge in [-0.2, -0.15) is 0 Å². The lowest BCUT2D eigenvalue weighted by Crippen LogP contribution is -2.21. The minimum absolute atomic E-state index is 0.144. The first-order valence-corrected chi connectivity index (χ1v) is 7.38. The SMILES string of the molecule is O=C(Nc1ccc(-c2cc(=O)[nH][nH]2)cc1)C1CC2CC2C1. The molecule has 0 aliphatic heterocycles. The van der Waals surface area contributed by atoms with Gasteiger partial charge >= 0.3 is 0 Å². The van der Waals surface area contributed by atoms with Gasteiger partial charge in [-0.15, -0.1) is 0 Å². The molecule has 4 rings (SSSR count). The van der Waals surface area contributed by atoms with Gasteiger partial charge in [0.1, 0.15) is 0 Å². The van der Waals surface area contributed by atoms with Crippen molar-refractivity contribution in [3.05, 3.63) is 40.7 Å². The number of amides is 1. The third-order valence-electron chi connectivity index (χ3n) is 4.67. The molecule has 1 heterocycles. The number of carbonyl (C=O) groups excluding carboxylic acids is 1. The lowest BCUT2D eigenvalue weighted by Gasteiger charge is -2.12. The number of nitrogens with one attached hydrogen (secondary N) is 3. The molecule has 2 fully saturated rings. The van der Waals surface area contributed by atoms with Crippen LogP contribution in [0, 0.1) is 17.8 Å². The average Bonchev–Trinajstić information content (AvgIpc) is 2.89. The summed E-state index contributed by atoms with van der Waals surface area (Å²) in [5.74, 6) is 1.96. The first-order valence-electron chi connectivity index (χ1n) is 7.38. The Morgan fingerprint density at radius 2 is 1.76 bits per heavy atom. The van der Waals surface area contributed by atoms with Gasteiger partial charge in [-0.25, -0.2) is 0 Å². The van der Waals surface area contributed by atoms with Crippen LogP contribution in [0.15, 0.2) is 35.1 Å². The molecule has 2 aliphatic rings. The quantitative estimate of drug-likeness (QED) is 0.808. The van der Waals surface area contributed by atoms with Crippen molar-refractivity contribution in [2.45, 2.75) is 19.3 Å². The van der Waals surface area contributed by atoms with Gasteiger partial charge in [-0.05, 0) is 48.8 Å². The Labute approximate surface area is 121 Å².